The third-order valence-corrected chi connectivity index (χ3v) is 1.95. The van der Waals surface area contributed by atoms with Gasteiger partial charge < -0.3 is 10.2 Å². The number of aromatic carboxylic acids is 2. The molecule has 6 heteroatoms. The summed E-state index contributed by atoms with van der Waals surface area (Å²) in [6, 6.07) is 4.12. The molecule has 0 saturated carbocycles. The van der Waals surface area contributed by atoms with Crippen LogP contribution in [0.25, 0.3) is 5.52 Å². The zero-order valence-corrected chi connectivity index (χ0v) is 7.41. The SMILES string of the molecule is O=C(O)c1cc2c(C(=O)O)cccn2n1. The van der Waals surface area contributed by atoms with Crippen molar-refractivity contribution in [3.63, 3.8) is 0 Å². The lowest BCUT2D eigenvalue weighted by Crippen LogP contribution is -2.00. The van der Waals surface area contributed by atoms with Crippen LogP contribution in [-0.2, 0) is 0 Å². The van der Waals surface area contributed by atoms with Crippen LogP contribution in [0.4, 0.5) is 0 Å². The predicted molar refractivity (Wildman–Crippen MR) is 49.1 cm³/mol. The Morgan fingerprint density at radius 1 is 1.27 bits per heavy atom. The fraction of sp³-hybridized carbons (Fsp3) is 0. The van der Waals surface area contributed by atoms with Crippen LogP contribution in [0.1, 0.15) is 20.8 Å². The summed E-state index contributed by atoms with van der Waals surface area (Å²) in [7, 11) is 0. The molecule has 2 N–H and O–H groups in total. The van der Waals surface area contributed by atoms with Crippen molar-refractivity contribution < 1.29 is 19.8 Å². The smallest absolute Gasteiger partial charge is 0.356 e. The van der Waals surface area contributed by atoms with Crippen molar-refractivity contribution in [2.75, 3.05) is 0 Å². The van der Waals surface area contributed by atoms with Crippen molar-refractivity contribution in [2.24, 2.45) is 0 Å². The standard InChI is InChI=1S/C9H6N2O4/c12-8(13)5-2-1-3-11-7(5)4-6(10-11)9(14)15/h1-4H,(H,12,13)(H,14,15). The van der Waals surface area contributed by atoms with Gasteiger partial charge in [-0.15, -0.1) is 0 Å². The molecule has 2 aromatic heterocycles. The van der Waals surface area contributed by atoms with Crippen LogP contribution in [0.15, 0.2) is 24.4 Å². The molecule has 15 heavy (non-hydrogen) atoms. The van der Waals surface area contributed by atoms with E-state index in [4.69, 9.17) is 10.2 Å². The molecule has 0 radical (unpaired) electrons. The maximum atomic E-state index is 10.8. The molecular weight excluding hydrogens is 200 g/mol. The highest BCUT2D eigenvalue weighted by molar-refractivity contribution is 5.97. The molecule has 0 atom stereocenters. The van der Waals surface area contributed by atoms with Crippen LogP contribution in [0.2, 0.25) is 0 Å². The lowest BCUT2D eigenvalue weighted by Gasteiger charge is -1.96. The van der Waals surface area contributed by atoms with Crippen LogP contribution >= 0.6 is 0 Å². The summed E-state index contributed by atoms with van der Waals surface area (Å²) in [6.45, 7) is 0. The lowest BCUT2D eigenvalue weighted by atomic mass is 10.2. The minimum absolute atomic E-state index is 0.0255. The molecule has 0 unspecified atom stereocenters. The third kappa shape index (κ3) is 1.41. The van der Waals surface area contributed by atoms with Crippen LogP contribution in [0.3, 0.4) is 0 Å². The summed E-state index contributed by atoms with van der Waals surface area (Å²) in [4.78, 5) is 21.4. The first-order chi connectivity index (χ1) is 7.09. The van der Waals surface area contributed by atoms with Gasteiger partial charge in [0.25, 0.3) is 0 Å². The number of rotatable bonds is 2. The van der Waals surface area contributed by atoms with Crippen molar-refractivity contribution in [2.45, 2.75) is 0 Å². The van der Waals surface area contributed by atoms with Gasteiger partial charge in [-0.3, -0.25) is 0 Å². The van der Waals surface area contributed by atoms with Gasteiger partial charge in [0.15, 0.2) is 5.69 Å². The van der Waals surface area contributed by atoms with Gasteiger partial charge in [0, 0.05) is 6.20 Å². The van der Waals surface area contributed by atoms with Gasteiger partial charge in [-0.2, -0.15) is 5.10 Å². The second-order valence-electron chi connectivity index (χ2n) is 2.89. The molecule has 6 nitrogen and oxygen atoms in total. The maximum Gasteiger partial charge on any atom is 0.356 e. The maximum absolute atomic E-state index is 10.8. The summed E-state index contributed by atoms with van der Waals surface area (Å²) in [5.41, 5.74) is 0.114. The molecule has 0 aromatic carbocycles. The fourth-order valence-corrected chi connectivity index (χ4v) is 1.30. The van der Waals surface area contributed by atoms with E-state index in [1.54, 1.807) is 0 Å². The zero-order valence-electron chi connectivity index (χ0n) is 7.41. The number of fused-ring (bicyclic) bond motifs is 1. The number of pyridine rings is 1. The van der Waals surface area contributed by atoms with E-state index < -0.39 is 11.9 Å². The van der Waals surface area contributed by atoms with Crippen LogP contribution < -0.4 is 0 Å². The molecule has 0 aliphatic heterocycles. The molecule has 0 aliphatic rings. The van der Waals surface area contributed by atoms with Gasteiger partial charge >= 0.3 is 11.9 Å². The number of hydrogen-bond donors (Lipinski definition) is 2. The number of carbonyl (C=O) groups is 2. The minimum Gasteiger partial charge on any atom is -0.478 e. The van der Waals surface area contributed by atoms with E-state index in [0.717, 1.165) is 0 Å². The van der Waals surface area contributed by atoms with Gasteiger partial charge in [0.1, 0.15) is 0 Å². The predicted octanol–water partition coefficient (Wildman–Crippen LogP) is 0.731. The summed E-state index contributed by atoms with van der Waals surface area (Å²) in [5, 5.41) is 21.2. The Morgan fingerprint density at radius 2 is 2.00 bits per heavy atom. The Labute approximate surface area is 83.4 Å². The normalized spacial score (nSPS) is 10.4. The molecule has 2 heterocycles. The number of hydrogen-bond acceptors (Lipinski definition) is 3. The van der Waals surface area contributed by atoms with Crippen molar-refractivity contribution >= 4 is 17.5 Å². The Morgan fingerprint density at radius 3 is 2.60 bits per heavy atom. The van der Waals surface area contributed by atoms with Gasteiger partial charge in [-0.25, -0.2) is 14.1 Å². The topological polar surface area (TPSA) is 91.9 Å². The first-order valence-corrected chi connectivity index (χ1v) is 4.04. The molecule has 2 aromatic rings. The summed E-state index contributed by atoms with van der Waals surface area (Å²) < 4.78 is 1.23. The van der Waals surface area contributed by atoms with Crippen molar-refractivity contribution in [3.05, 3.63) is 35.7 Å². The van der Waals surface area contributed by atoms with E-state index in [1.807, 2.05) is 0 Å². The quantitative estimate of drug-likeness (QED) is 0.755. The molecule has 0 saturated heterocycles. The van der Waals surface area contributed by atoms with Gasteiger partial charge in [0.05, 0.1) is 11.1 Å². The molecule has 0 aliphatic carbocycles. The van der Waals surface area contributed by atoms with Gasteiger partial charge in [-0.05, 0) is 18.2 Å². The van der Waals surface area contributed by atoms with E-state index in [9.17, 15) is 9.59 Å². The summed E-state index contributed by atoms with van der Waals surface area (Å²) in [6.07, 6.45) is 1.49. The number of nitrogens with zero attached hydrogens (tertiary/aromatic N) is 2. The van der Waals surface area contributed by atoms with Gasteiger partial charge in [0.2, 0.25) is 0 Å². The van der Waals surface area contributed by atoms with E-state index in [2.05, 4.69) is 5.10 Å². The lowest BCUT2D eigenvalue weighted by molar-refractivity contribution is 0.0682. The van der Waals surface area contributed by atoms with Crippen molar-refractivity contribution in [1.82, 2.24) is 9.61 Å². The highest BCUT2D eigenvalue weighted by atomic mass is 16.4. The van der Waals surface area contributed by atoms with E-state index in [-0.39, 0.29) is 16.8 Å². The average molecular weight is 206 g/mol. The Hall–Kier alpha value is -2.37. The molecule has 0 spiro atoms. The Balaban J connectivity index is 2.75. The Bertz CT molecular complexity index is 558. The summed E-state index contributed by atoms with van der Waals surface area (Å²) >= 11 is 0. The van der Waals surface area contributed by atoms with E-state index >= 15 is 0 Å². The number of carboxylic acids is 2. The molecule has 2 rings (SSSR count). The molecule has 0 fully saturated rings. The number of aromatic nitrogens is 2. The largest absolute Gasteiger partial charge is 0.478 e. The fourth-order valence-electron chi connectivity index (χ4n) is 1.30. The first kappa shape index (κ1) is 9.20. The van der Waals surface area contributed by atoms with Crippen LogP contribution in [0, 0.1) is 0 Å². The van der Waals surface area contributed by atoms with Crippen molar-refractivity contribution in [1.29, 1.82) is 0 Å². The highest BCUT2D eigenvalue weighted by Crippen LogP contribution is 2.12. The second-order valence-corrected chi connectivity index (χ2v) is 2.89. The molecule has 0 bridgehead atoms. The Kier molecular flexibility index (Phi) is 1.89. The molecular formula is C9H6N2O4. The van der Waals surface area contributed by atoms with Crippen LogP contribution in [-0.4, -0.2) is 31.8 Å². The number of carboxylic acid groups (broad SMARTS) is 2. The van der Waals surface area contributed by atoms with E-state index in [1.165, 1.54) is 28.9 Å². The minimum atomic E-state index is -1.19. The van der Waals surface area contributed by atoms with Gasteiger partial charge in [-0.1, -0.05) is 0 Å². The second kappa shape index (κ2) is 3.09. The average Bonchev–Trinajstić information content (AvgIpc) is 2.60. The van der Waals surface area contributed by atoms with Crippen molar-refractivity contribution in [3.8, 4) is 0 Å². The van der Waals surface area contributed by atoms with Crippen LogP contribution in [0.5, 0.6) is 0 Å². The monoisotopic (exact) mass is 206 g/mol. The zero-order chi connectivity index (χ0) is 11.0. The third-order valence-electron chi connectivity index (χ3n) is 1.95. The molecule has 0 amide bonds. The van der Waals surface area contributed by atoms with E-state index in [0.29, 0.717) is 0 Å². The first-order valence-electron chi connectivity index (χ1n) is 4.04. The highest BCUT2D eigenvalue weighted by Gasteiger charge is 2.14. The summed E-state index contributed by atoms with van der Waals surface area (Å²) in [5.74, 6) is -2.30. The molecule has 76 valence electrons.